The van der Waals surface area contributed by atoms with Crippen LogP contribution in [0.5, 0.6) is 17.2 Å². The minimum atomic E-state index is -0.548. The van der Waals surface area contributed by atoms with Crippen LogP contribution in [0.25, 0.3) is 0 Å². The van der Waals surface area contributed by atoms with Crippen LogP contribution in [0.4, 0.5) is 0 Å². The number of hydrogen-bond acceptors (Lipinski definition) is 6. The Morgan fingerprint density at radius 1 is 1.07 bits per heavy atom. The molecule has 2 aromatic rings. The van der Waals surface area contributed by atoms with Gasteiger partial charge < -0.3 is 14.9 Å². The number of carbonyl (C=O) groups excluding carboxylic acids is 3. The third-order valence-electron chi connectivity index (χ3n) is 7.20. The molecule has 3 aliphatic rings. The summed E-state index contributed by atoms with van der Waals surface area (Å²) in [5, 5.41) is 22.1. The molecule has 6 heteroatoms. The minimum Gasteiger partial charge on any atom is -0.507 e. The van der Waals surface area contributed by atoms with E-state index in [0.29, 0.717) is 17.5 Å². The zero-order valence-corrected chi connectivity index (χ0v) is 16.2. The van der Waals surface area contributed by atoms with E-state index in [4.69, 9.17) is 4.74 Å². The van der Waals surface area contributed by atoms with Gasteiger partial charge in [0.25, 0.3) is 0 Å². The van der Waals surface area contributed by atoms with Crippen LogP contribution in [0, 0.1) is 11.3 Å². The highest BCUT2D eigenvalue weighted by Gasteiger charge is 2.54. The van der Waals surface area contributed by atoms with Gasteiger partial charge in [-0.15, -0.1) is 0 Å². The van der Waals surface area contributed by atoms with Crippen LogP contribution in [0.2, 0.25) is 0 Å². The van der Waals surface area contributed by atoms with Crippen molar-refractivity contribution in [1.82, 2.24) is 0 Å². The molecule has 3 aliphatic carbocycles. The number of ketones is 3. The van der Waals surface area contributed by atoms with E-state index in [0.717, 1.165) is 12.8 Å². The number of benzene rings is 2. The molecule has 0 saturated heterocycles. The van der Waals surface area contributed by atoms with Gasteiger partial charge in [0.15, 0.2) is 5.78 Å². The maximum atomic E-state index is 13.3. The second-order valence-electron chi connectivity index (χ2n) is 8.27. The number of ether oxygens (including phenoxy) is 1. The topological polar surface area (TPSA) is 101 Å². The van der Waals surface area contributed by atoms with Gasteiger partial charge in [0.2, 0.25) is 5.78 Å². The molecule has 148 valence electrons. The standard InChI is InChI=1S/C23H20O6/c1-10(24)23-7-6-11(23)8-13-14(9-23)21(27)17-18(20(13)26)22(28)16-12(19(17)25)4-3-5-15(16)29-2/h3-5,11,26-27H,6-9H2,1-2H3/t11?,23-/m1/s1. The number of aromatic hydroxyl groups is 2. The lowest BCUT2D eigenvalue weighted by Gasteiger charge is -2.52. The highest BCUT2D eigenvalue weighted by Crippen LogP contribution is 2.58. The molecule has 29 heavy (non-hydrogen) atoms. The van der Waals surface area contributed by atoms with E-state index >= 15 is 0 Å². The van der Waals surface area contributed by atoms with Crippen LogP contribution in [0.1, 0.15) is 62.7 Å². The zero-order chi connectivity index (χ0) is 20.7. The third-order valence-corrected chi connectivity index (χ3v) is 7.20. The zero-order valence-electron chi connectivity index (χ0n) is 16.2. The summed E-state index contributed by atoms with van der Waals surface area (Å²) in [5.41, 5.74) is 0.229. The Labute approximate surface area is 167 Å². The molecule has 1 unspecified atom stereocenters. The largest absolute Gasteiger partial charge is 0.507 e. The highest BCUT2D eigenvalue weighted by molar-refractivity contribution is 6.31. The molecule has 1 fully saturated rings. The van der Waals surface area contributed by atoms with Gasteiger partial charge >= 0.3 is 0 Å². The Morgan fingerprint density at radius 2 is 1.76 bits per heavy atom. The van der Waals surface area contributed by atoms with E-state index in [-0.39, 0.29) is 57.6 Å². The third kappa shape index (κ3) is 2.03. The molecule has 0 aliphatic heterocycles. The minimum absolute atomic E-state index is 0.0634. The monoisotopic (exact) mass is 392 g/mol. The predicted octanol–water partition coefficient (Wildman–Crippen LogP) is 2.97. The van der Waals surface area contributed by atoms with Crippen LogP contribution < -0.4 is 4.74 Å². The van der Waals surface area contributed by atoms with Crippen molar-refractivity contribution >= 4 is 17.3 Å². The Morgan fingerprint density at radius 3 is 2.38 bits per heavy atom. The maximum Gasteiger partial charge on any atom is 0.202 e. The van der Waals surface area contributed by atoms with Gasteiger partial charge in [0, 0.05) is 22.1 Å². The van der Waals surface area contributed by atoms with Gasteiger partial charge in [-0.1, -0.05) is 12.1 Å². The van der Waals surface area contributed by atoms with E-state index in [1.54, 1.807) is 19.1 Å². The van der Waals surface area contributed by atoms with Gasteiger partial charge in [-0.2, -0.15) is 0 Å². The molecule has 0 radical (unpaired) electrons. The Balaban J connectivity index is 1.77. The number of phenols is 2. The number of fused-ring (bicyclic) bond motifs is 4. The first kappa shape index (κ1) is 17.9. The second kappa shape index (κ2) is 5.69. The number of rotatable bonds is 2. The molecule has 0 amide bonds. The lowest BCUT2D eigenvalue weighted by atomic mass is 9.51. The number of hydrogen-bond donors (Lipinski definition) is 2. The van der Waals surface area contributed by atoms with Crippen molar-refractivity contribution in [3.63, 3.8) is 0 Å². The molecule has 5 rings (SSSR count). The number of Topliss-reactive ketones (excluding diaryl/α,β-unsaturated/α-hetero) is 1. The molecule has 6 nitrogen and oxygen atoms in total. The first-order chi connectivity index (χ1) is 13.8. The van der Waals surface area contributed by atoms with Crippen molar-refractivity contribution in [3.8, 4) is 17.2 Å². The van der Waals surface area contributed by atoms with Crippen LogP contribution in [-0.2, 0) is 17.6 Å². The van der Waals surface area contributed by atoms with E-state index in [9.17, 15) is 24.6 Å². The molecule has 2 N–H and O–H groups in total. The number of phenolic OH excluding ortho intramolecular Hbond substituents is 2. The molecule has 0 bridgehead atoms. The van der Waals surface area contributed by atoms with Crippen LogP contribution >= 0.6 is 0 Å². The Kier molecular flexibility index (Phi) is 3.51. The number of carbonyl (C=O) groups is 3. The summed E-state index contributed by atoms with van der Waals surface area (Å²) in [6.07, 6.45) is 2.28. The van der Waals surface area contributed by atoms with Gasteiger partial charge in [0.1, 0.15) is 23.0 Å². The molecule has 2 aromatic carbocycles. The first-order valence-electron chi connectivity index (χ1n) is 9.69. The van der Waals surface area contributed by atoms with Crippen molar-refractivity contribution in [2.75, 3.05) is 7.11 Å². The smallest absolute Gasteiger partial charge is 0.202 e. The van der Waals surface area contributed by atoms with Crippen molar-refractivity contribution in [3.05, 3.63) is 51.6 Å². The Bertz CT molecular complexity index is 1140. The number of methoxy groups -OCH3 is 1. The molecular weight excluding hydrogens is 372 g/mol. The van der Waals surface area contributed by atoms with Gasteiger partial charge in [0.05, 0.1) is 23.8 Å². The van der Waals surface area contributed by atoms with Gasteiger partial charge in [-0.25, -0.2) is 0 Å². The van der Waals surface area contributed by atoms with E-state index < -0.39 is 17.0 Å². The van der Waals surface area contributed by atoms with E-state index in [2.05, 4.69) is 0 Å². The summed E-state index contributed by atoms with van der Waals surface area (Å²) >= 11 is 0. The lowest BCUT2D eigenvalue weighted by Crippen LogP contribution is -2.51. The summed E-state index contributed by atoms with van der Waals surface area (Å²) in [4.78, 5) is 38.8. The summed E-state index contributed by atoms with van der Waals surface area (Å²) in [5.74, 6) is -1.23. The fourth-order valence-corrected chi connectivity index (χ4v) is 5.44. The average Bonchev–Trinajstić information content (AvgIpc) is 2.68. The normalized spacial score (nSPS) is 24.0. The van der Waals surface area contributed by atoms with Crippen molar-refractivity contribution in [1.29, 1.82) is 0 Å². The lowest BCUT2D eigenvalue weighted by molar-refractivity contribution is -0.138. The SMILES string of the molecule is COc1cccc2c1C(=O)c1c(O)c3c(c(O)c1C2=O)C[C@@]1(C(C)=O)CCC1C3. The molecule has 0 aromatic heterocycles. The van der Waals surface area contributed by atoms with Crippen molar-refractivity contribution < 1.29 is 29.3 Å². The van der Waals surface area contributed by atoms with Crippen LogP contribution in [0.15, 0.2) is 18.2 Å². The molecule has 2 atom stereocenters. The second-order valence-corrected chi connectivity index (χ2v) is 8.27. The summed E-state index contributed by atoms with van der Waals surface area (Å²) < 4.78 is 5.25. The first-order valence-corrected chi connectivity index (χ1v) is 9.69. The average molecular weight is 392 g/mol. The summed E-state index contributed by atoms with van der Waals surface area (Å²) in [6, 6.07) is 4.70. The van der Waals surface area contributed by atoms with Crippen LogP contribution in [-0.4, -0.2) is 34.7 Å². The van der Waals surface area contributed by atoms with Crippen molar-refractivity contribution in [2.45, 2.75) is 32.6 Å². The molecule has 0 spiro atoms. The summed E-state index contributed by atoms with van der Waals surface area (Å²) in [6.45, 7) is 1.56. The Hall–Kier alpha value is -3.15. The van der Waals surface area contributed by atoms with Crippen LogP contribution in [0.3, 0.4) is 0 Å². The van der Waals surface area contributed by atoms with Gasteiger partial charge in [-0.05, 0) is 44.6 Å². The molecule has 1 saturated carbocycles. The maximum absolute atomic E-state index is 13.3. The summed E-state index contributed by atoms with van der Waals surface area (Å²) in [7, 11) is 1.41. The predicted molar refractivity (Wildman–Crippen MR) is 103 cm³/mol. The molecule has 0 heterocycles. The van der Waals surface area contributed by atoms with Gasteiger partial charge in [-0.3, -0.25) is 14.4 Å². The van der Waals surface area contributed by atoms with E-state index in [1.165, 1.54) is 13.2 Å². The molecular formula is C23H20O6. The van der Waals surface area contributed by atoms with E-state index in [1.807, 2.05) is 0 Å². The highest BCUT2D eigenvalue weighted by atomic mass is 16.5. The fourth-order valence-electron chi connectivity index (χ4n) is 5.44. The quantitative estimate of drug-likeness (QED) is 0.651. The fraction of sp³-hybridized carbons (Fsp3) is 0.348. The van der Waals surface area contributed by atoms with Crippen molar-refractivity contribution in [2.24, 2.45) is 11.3 Å².